The molecule has 3 rings (SSSR count). The van der Waals surface area contributed by atoms with Crippen molar-refractivity contribution in [3.05, 3.63) is 28.2 Å². The van der Waals surface area contributed by atoms with Gasteiger partial charge < -0.3 is 4.90 Å². The predicted octanol–water partition coefficient (Wildman–Crippen LogP) is 4.74. The van der Waals surface area contributed by atoms with E-state index in [-0.39, 0.29) is 5.25 Å². The van der Waals surface area contributed by atoms with E-state index in [1.165, 1.54) is 6.42 Å². The van der Waals surface area contributed by atoms with Crippen molar-refractivity contribution in [1.82, 2.24) is 4.90 Å². The minimum Gasteiger partial charge on any atom is -0.368 e. The number of piperazine rings is 1. The third-order valence-electron chi connectivity index (χ3n) is 5.93. The van der Waals surface area contributed by atoms with Crippen LogP contribution in [0.4, 0.5) is 5.69 Å². The number of nitrogens with zero attached hydrogens (tertiary/aromatic N) is 2. The van der Waals surface area contributed by atoms with E-state index in [0.29, 0.717) is 10.0 Å². The molecule has 1 aromatic rings. The maximum absolute atomic E-state index is 11.9. The summed E-state index contributed by atoms with van der Waals surface area (Å²) in [4.78, 5) is 4.86. The molecule has 1 unspecified atom stereocenters. The summed E-state index contributed by atoms with van der Waals surface area (Å²) in [6, 6.07) is 5.83. The van der Waals surface area contributed by atoms with Crippen LogP contribution in [0.3, 0.4) is 0 Å². The van der Waals surface area contributed by atoms with Gasteiger partial charge in [-0.05, 0) is 56.7 Å². The van der Waals surface area contributed by atoms with Gasteiger partial charge >= 0.3 is 0 Å². The van der Waals surface area contributed by atoms with Gasteiger partial charge in [-0.3, -0.25) is 9.68 Å². The van der Waals surface area contributed by atoms with Crippen molar-refractivity contribution in [2.24, 2.45) is 5.92 Å². The molecule has 0 spiro atoms. The first-order chi connectivity index (χ1) is 12.3. The zero-order valence-electron chi connectivity index (χ0n) is 15.4. The second-order valence-electron chi connectivity index (χ2n) is 7.74. The van der Waals surface area contributed by atoms with E-state index in [4.69, 9.17) is 28.0 Å². The summed E-state index contributed by atoms with van der Waals surface area (Å²) in [6.07, 6.45) is 7.01. The highest BCUT2D eigenvalue weighted by Gasteiger charge is 2.26. The van der Waals surface area contributed by atoms with Gasteiger partial charge in [-0.25, -0.2) is 4.21 Å². The molecule has 0 bridgehead atoms. The summed E-state index contributed by atoms with van der Waals surface area (Å²) < 4.78 is 19.7. The molecule has 146 valence electrons. The van der Waals surface area contributed by atoms with Crippen molar-refractivity contribution in [2.75, 3.05) is 43.9 Å². The van der Waals surface area contributed by atoms with Gasteiger partial charge in [0.1, 0.15) is 0 Å². The van der Waals surface area contributed by atoms with E-state index in [0.717, 1.165) is 70.0 Å². The first-order valence-corrected chi connectivity index (χ1v) is 12.3. The van der Waals surface area contributed by atoms with Gasteiger partial charge in [0.2, 0.25) is 0 Å². The molecule has 4 nitrogen and oxygen atoms in total. The Balaban J connectivity index is 1.42. The van der Waals surface area contributed by atoms with Crippen molar-refractivity contribution in [3.63, 3.8) is 0 Å². The third-order valence-corrected chi connectivity index (χ3v) is 8.48. The number of hydrogen-bond donors (Lipinski definition) is 1. The topological polar surface area (TPSA) is 47.4 Å². The van der Waals surface area contributed by atoms with Gasteiger partial charge in [0.05, 0.1) is 15.7 Å². The highest BCUT2D eigenvalue weighted by molar-refractivity contribution is 7.92. The van der Waals surface area contributed by atoms with Gasteiger partial charge in [-0.1, -0.05) is 29.3 Å². The van der Waals surface area contributed by atoms with Crippen LogP contribution in [0.1, 0.15) is 32.1 Å². The predicted molar refractivity (Wildman–Crippen MR) is 112 cm³/mol. The lowest BCUT2D eigenvalue weighted by atomic mass is 9.86. The Morgan fingerprint density at radius 1 is 1.12 bits per heavy atom. The standard InChI is InChI=1S/C19H29Cl2N3OS/c1-26(22,25)16-7-5-15(6-8-16)9-10-23-11-13-24(14-12-23)18-4-2-3-17(20)19(18)21/h2-4,15-16,22H,5-14H2,1H3. The molecule has 26 heavy (non-hydrogen) atoms. The molecule has 1 saturated carbocycles. The number of rotatable bonds is 5. The Bertz CT molecular complexity index is 709. The molecule has 1 aromatic carbocycles. The second-order valence-corrected chi connectivity index (χ2v) is 11.0. The number of halogens is 2. The van der Waals surface area contributed by atoms with Crippen LogP contribution in [-0.2, 0) is 9.73 Å². The summed E-state index contributed by atoms with van der Waals surface area (Å²) in [5.41, 5.74) is 1.04. The molecule has 7 heteroatoms. The Morgan fingerprint density at radius 3 is 2.38 bits per heavy atom. The Hall–Kier alpha value is -0.490. The van der Waals surface area contributed by atoms with Gasteiger partial charge in [0.15, 0.2) is 0 Å². The summed E-state index contributed by atoms with van der Waals surface area (Å²) in [6.45, 7) is 5.18. The van der Waals surface area contributed by atoms with Crippen LogP contribution in [0.15, 0.2) is 18.2 Å². The van der Waals surface area contributed by atoms with Gasteiger partial charge in [-0.15, -0.1) is 0 Å². The molecule has 0 amide bonds. The van der Waals surface area contributed by atoms with Crippen LogP contribution in [-0.4, -0.2) is 53.3 Å². The first kappa shape index (κ1) is 20.2. The summed E-state index contributed by atoms with van der Waals surface area (Å²) in [5.74, 6) is 0.730. The van der Waals surface area contributed by atoms with E-state index < -0.39 is 9.73 Å². The number of hydrogen-bond acceptors (Lipinski definition) is 4. The van der Waals surface area contributed by atoms with Gasteiger partial charge in [-0.2, -0.15) is 0 Å². The molecular weight excluding hydrogens is 389 g/mol. The number of anilines is 1. The zero-order chi connectivity index (χ0) is 18.7. The molecule has 0 aromatic heterocycles. The van der Waals surface area contributed by atoms with E-state index >= 15 is 0 Å². The van der Waals surface area contributed by atoms with Gasteiger partial charge in [0.25, 0.3) is 0 Å². The van der Waals surface area contributed by atoms with Crippen LogP contribution in [0.2, 0.25) is 10.0 Å². The molecule has 1 saturated heterocycles. The fraction of sp³-hybridized carbons (Fsp3) is 0.684. The second kappa shape index (κ2) is 8.68. The van der Waals surface area contributed by atoms with E-state index in [2.05, 4.69) is 9.80 Å². The van der Waals surface area contributed by atoms with E-state index in [9.17, 15) is 4.21 Å². The highest BCUT2D eigenvalue weighted by Crippen LogP contribution is 2.33. The maximum Gasteiger partial charge on any atom is 0.0825 e. The number of benzene rings is 1. The summed E-state index contributed by atoms with van der Waals surface area (Å²) in [7, 11) is -2.36. The van der Waals surface area contributed by atoms with Gasteiger partial charge in [0, 0.05) is 47.4 Å². The van der Waals surface area contributed by atoms with Crippen molar-refractivity contribution in [3.8, 4) is 0 Å². The summed E-state index contributed by atoms with van der Waals surface area (Å²) >= 11 is 12.5. The Morgan fingerprint density at radius 2 is 1.77 bits per heavy atom. The minimum atomic E-state index is -2.36. The fourth-order valence-corrected chi connectivity index (χ4v) is 5.77. The van der Waals surface area contributed by atoms with Crippen LogP contribution >= 0.6 is 23.2 Å². The average molecular weight is 418 g/mol. The third kappa shape index (κ3) is 5.06. The van der Waals surface area contributed by atoms with Crippen molar-refractivity contribution >= 4 is 38.6 Å². The lowest BCUT2D eigenvalue weighted by Gasteiger charge is -2.37. The molecule has 0 radical (unpaired) electrons. The highest BCUT2D eigenvalue weighted by atomic mass is 35.5. The molecule has 1 atom stereocenters. The minimum absolute atomic E-state index is 0.115. The smallest absolute Gasteiger partial charge is 0.0825 e. The molecule has 2 fully saturated rings. The van der Waals surface area contributed by atoms with Crippen LogP contribution in [0, 0.1) is 10.7 Å². The lowest BCUT2D eigenvalue weighted by Crippen LogP contribution is -2.47. The van der Waals surface area contributed by atoms with E-state index in [1.807, 2.05) is 18.2 Å². The molecule has 1 heterocycles. The van der Waals surface area contributed by atoms with Crippen molar-refractivity contribution in [2.45, 2.75) is 37.4 Å². The molecule has 1 aliphatic heterocycles. The SMILES string of the molecule is CS(=N)(=O)C1CCC(CCN2CCN(c3cccc(Cl)c3Cl)CC2)CC1. The lowest BCUT2D eigenvalue weighted by molar-refractivity contribution is 0.222. The largest absolute Gasteiger partial charge is 0.368 e. The zero-order valence-corrected chi connectivity index (χ0v) is 17.8. The molecule has 1 N–H and O–H groups in total. The molecular formula is C19H29Cl2N3OS. The first-order valence-electron chi connectivity index (χ1n) is 9.48. The fourth-order valence-electron chi connectivity index (χ4n) is 4.18. The summed E-state index contributed by atoms with van der Waals surface area (Å²) in [5, 5.41) is 1.39. The maximum atomic E-state index is 11.9. The van der Waals surface area contributed by atoms with Crippen LogP contribution in [0.5, 0.6) is 0 Å². The average Bonchev–Trinajstić information content (AvgIpc) is 2.62. The quantitative estimate of drug-likeness (QED) is 0.751. The Kier molecular flexibility index (Phi) is 6.76. The number of nitrogens with one attached hydrogen (secondary N) is 1. The van der Waals surface area contributed by atoms with Crippen LogP contribution in [0.25, 0.3) is 0 Å². The Labute approximate surface area is 167 Å². The van der Waals surface area contributed by atoms with Crippen molar-refractivity contribution in [1.29, 1.82) is 4.78 Å². The molecule has 1 aliphatic carbocycles. The van der Waals surface area contributed by atoms with Crippen LogP contribution < -0.4 is 4.90 Å². The normalized spacial score (nSPS) is 27.3. The van der Waals surface area contributed by atoms with E-state index in [1.54, 1.807) is 6.26 Å². The monoisotopic (exact) mass is 417 g/mol. The van der Waals surface area contributed by atoms with Crippen molar-refractivity contribution < 1.29 is 4.21 Å². The molecule has 2 aliphatic rings.